The lowest BCUT2D eigenvalue weighted by molar-refractivity contribution is 0.0370. The van der Waals surface area contributed by atoms with E-state index in [1.165, 1.54) is 6.26 Å². The topological polar surface area (TPSA) is 39.4 Å². The van der Waals surface area contributed by atoms with E-state index in [1.54, 1.807) is 26.0 Å². The summed E-state index contributed by atoms with van der Waals surface area (Å²) in [6.45, 7) is 14.6. The van der Waals surface area contributed by atoms with E-state index in [9.17, 15) is 4.79 Å². The number of hydrogen-bond acceptors (Lipinski definition) is 3. The van der Waals surface area contributed by atoms with Gasteiger partial charge in [-0.2, -0.15) is 0 Å². The van der Waals surface area contributed by atoms with Crippen LogP contribution in [-0.4, -0.2) is 12.1 Å². The molecule has 90 valence electrons. The van der Waals surface area contributed by atoms with Crippen molar-refractivity contribution in [2.75, 3.05) is 0 Å². The summed E-state index contributed by atoms with van der Waals surface area (Å²) in [5.41, 5.74) is 2.19. The fraction of sp³-hybridized carbons (Fsp3) is 0.214. The number of allylic oxidation sites excluding steroid dienone is 2. The van der Waals surface area contributed by atoms with Crippen LogP contribution in [0.4, 0.5) is 0 Å². The predicted octanol–water partition coefficient (Wildman–Crippen LogP) is 3.60. The Hall–Kier alpha value is -2.03. The van der Waals surface area contributed by atoms with Crippen molar-refractivity contribution >= 4 is 11.5 Å². The van der Waals surface area contributed by atoms with Gasteiger partial charge >= 0.3 is 5.97 Å². The van der Waals surface area contributed by atoms with E-state index in [0.717, 1.165) is 11.1 Å². The minimum absolute atomic E-state index is 0.149. The first kappa shape index (κ1) is 13.0. The van der Waals surface area contributed by atoms with Crippen LogP contribution in [0.25, 0.3) is 5.57 Å². The van der Waals surface area contributed by atoms with E-state index >= 15 is 0 Å². The molecule has 1 aromatic rings. The monoisotopic (exact) mass is 232 g/mol. The van der Waals surface area contributed by atoms with Gasteiger partial charge < -0.3 is 9.15 Å². The zero-order valence-electron chi connectivity index (χ0n) is 10.2. The second-order valence-electron chi connectivity index (χ2n) is 3.82. The van der Waals surface area contributed by atoms with Crippen LogP contribution in [0.15, 0.2) is 48.1 Å². The molecule has 0 aliphatic rings. The highest BCUT2D eigenvalue weighted by Crippen LogP contribution is 2.18. The summed E-state index contributed by atoms with van der Waals surface area (Å²) in [5.74, 6) is -0.361. The second kappa shape index (κ2) is 5.34. The summed E-state index contributed by atoms with van der Waals surface area (Å²) in [7, 11) is 0. The van der Waals surface area contributed by atoms with Crippen LogP contribution in [0.5, 0.6) is 0 Å². The summed E-state index contributed by atoms with van der Waals surface area (Å²) in [6.07, 6.45) is 2.71. The number of furan rings is 1. The van der Waals surface area contributed by atoms with Gasteiger partial charge in [-0.05, 0) is 31.1 Å². The van der Waals surface area contributed by atoms with Crippen molar-refractivity contribution in [3.63, 3.8) is 0 Å². The van der Waals surface area contributed by atoms with Crippen molar-refractivity contribution in [2.45, 2.75) is 20.0 Å². The zero-order chi connectivity index (χ0) is 13.0. The molecule has 0 aromatic carbocycles. The maximum absolute atomic E-state index is 11.7. The molecule has 0 fully saturated rings. The fourth-order valence-electron chi connectivity index (χ4n) is 1.05. The number of esters is 1. The lowest BCUT2D eigenvalue weighted by atomic mass is 10.1. The number of ether oxygens (including phenoxy) is 1. The largest absolute Gasteiger partial charge is 0.457 e. The summed E-state index contributed by atoms with van der Waals surface area (Å²) < 4.78 is 10.3. The third-order valence-electron chi connectivity index (χ3n) is 2.40. The number of hydrogen-bond donors (Lipinski definition) is 0. The normalized spacial score (nSPS) is 11.6. The first-order valence-corrected chi connectivity index (χ1v) is 5.22. The SMILES string of the molecule is C=CC(=C)c1coc(C(=O)OC(C)C(=C)C)c1. The molecule has 1 atom stereocenters. The Balaban J connectivity index is 2.77. The van der Waals surface area contributed by atoms with E-state index in [-0.39, 0.29) is 11.9 Å². The Kier molecular flexibility index (Phi) is 4.10. The Labute approximate surface area is 101 Å². The Morgan fingerprint density at radius 1 is 1.53 bits per heavy atom. The maximum atomic E-state index is 11.7. The van der Waals surface area contributed by atoms with Crippen molar-refractivity contribution in [3.8, 4) is 0 Å². The number of carbonyl (C=O) groups is 1. The molecule has 1 rings (SSSR count). The maximum Gasteiger partial charge on any atom is 0.374 e. The molecule has 0 aliphatic carbocycles. The van der Waals surface area contributed by atoms with Gasteiger partial charge in [-0.1, -0.05) is 25.8 Å². The van der Waals surface area contributed by atoms with E-state index in [2.05, 4.69) is 19.7 Å². The molecule has 1 heterocycles. The van der Waals surface area contributed by atoms with E-state index in [1.807, 2.05) is 0 Å². The van der Waals surface area contributed by atoms with Crippen LogP contribution >= 0.6 is 0 Å². The van der Waals surface area contributed by atoms with E-state index in [0.29, 0.717) is 5.57 Å². The van der Waals surface area contributed by atoms with Crippen LogP contribution in [0.3, 0.4) is 0 Å². The van der Waals surface area contributed by atoms with E-state index in [4.69, 9.17) is 9.15 Å². The highest BCUT2D eigenvalue weighted by molar-refractivity contribution is 5.88. The van der Waals surface area contributed by atoms with Gasteiger partial charge in [0.25, 0.3) is 0 Å². The Morgan fingerprint density at radius 2 is 2.18 bits per heavy atom. The van der Waals surface area contributed by atoms with Gasteiger partial charge in [-0.25, -0.2) is 4.79 Å². The zero-order valence-corrected chi connectivity index (χ0v) is 10.2. The molecule has 0 aliphatic heterocycles. The average Bonchev–Trinajstić information content (AvgIpc) is 2.77. The number of carbonyl (C=O) groups excluding carboxylic acids is 1. The van der Waals surface area contributed by atoms with Crippen molar-refractivity contribution in [1.82, 2.24) is 0 Å². The molecule has 0 saturated carbocycles. The Bertz CT molecular complexity index is 466. The smallest absolute Gasteiger partial charge is 0.374 e. The van der Waals surface area contributed by atoms with Gasteiger partial charge in [0, 0.05) is 5.56 Å². The summed E-state index contributed by atoms with van der Waals surface area (Å²) >= 11 is 0. The highest BCUT2D eigenvalue weighted by atomic mass is 16.6. The highest BCUT2D eigenvalue weighted by Gasteiger charge is 2.16. The Morgan fingerprint density at radius 3 is 2.71 bits per heavy atom. The molecular formula is C14H16O3. The summed E-state index contributed by atoms with van der Waals surface area (Å²) in [4.78, 5) is 11.7. The first-order valence-electron chi connectivity index (χ1n) is 5.22. The quantitative estimate of drug-likeness (QED) is 0.442. The molecular weight excluding hydrogens is 216 g/mol. The van der Waals surface area contributed by atoms with Crippen molar-refractivity contribution in [1.29, 1.82) is 0 Å². The van der Waals surface area contributed by atoms with Crippen molar-refractivity contribution in [3.05, 3.63) is 55.0 Å². The summed E-state index contributed by atoms with van der Waals surface area (Å²) in [6, 6.07) is 1.58. The lowest BCUT2D eigenvalue weighted by Gasteiger charge is -2.11. The molecule has 0 N–H and O–H groups in total. The van der Waals surface area contributed by atoms with Gasteiger partial charge in [-0.3, -0.25) is 0 Å². The van der Waals surface area contributed by atoms with Crippen molar-refractivity contribution in [2.24, 2.45) is 0 Å². The van der Waals surface area contributed by atoms with Crippen LogP contribution in [0.1, 0.15) is 30.0 Å². The molecule has 0 spiro atoms. The lowest BCUT2D eigenvalue weighted by Crippen LogP contribution is -2.15. The third kappa shape index (κ3) is 3.21. The van der Waals surface area contributed by atoms with Crippen molar-refractivity contribution < 1.29 is 13.9 Å². The average molecular weight is 232 g/mol. The van der Waals surface area contributed by atoms with Crippen LogP contribution in [0.2, 0.25) is 0 Å². The van der Waals surface area contributed by atoms with Crippen LogP contribution in [-0.2, 0) is 4.74 Å². The van der Waals surface area contributed by atoms with Gasteiger partial charge in [-0.15, -0.1) is 0 Å². The molecule has 0 amide bonds. The minimum atomic E-state index is -0.511. The molecule has 1 unspecified atom stereocenters. The molecule has 0 saturated heterocycles. The molecule has 0 radical (unpaired) electrons. The molecule has 17 heavy (non-hydrogen) atoms. The summed E-state index contributed by atoms with van der Waals surface area (Å²) in [5, 5.41) is 0. The van der Waals surface area contributed by atoms with Gasteiger partial charge in [0.1, 0.15) is 6.10 Å². The molecule has 1 aromatic heterocycles. The minimum Gasteiger partial charge on any atom is -0.457 e. The number of rotatable bonds is 5. The second-order valence-corrected chi connectivity index (χ2v) is 3.82. The van der Waals surface area contributed by atoms with Gasteiger partial charge in [0.2, 0.25) is 5.76 Å². The predicted molar refractivity (Wildman–Crippen MR) is 67.6 cm³/mol. The first-order chi connectivity index (χ1) is 7.95. The molecule has 0 bridgehead atoms. The fourth-order valence-corrected chi connectivity index (χ4v) is 1.05. The third-order valence-corrected chi connectivity index (χ3v) is 2.40. The molecule has 3 nitrogen and oxygen atoms in total. The molecule has 3 heteroatoms. The van der Waals surface area contributed by atoms with Gasteiger partial charge in [0.05, 0.1) is 6.26 Å². The van der Waals surface area contributed by atoms with E-state index < -0.39 is 5.97 Å². The standard InChI is InChI=1S/C14H16O3/c1-6-10(4)12-7-13(16-8-12)14(15)17-11(5)9(2)3/h6-8,11H,1-2,4H2,3,5H3. The van der Waals surface area contributed by atoms with Crippen LogP contribution in [0, 0.1) is 0 Å². The van der Waals surface area contributed by atoms with Crippen LogP contribution < -0.4 is 0 Å². The van der Waals surface area contributed by atoms with Gasteiger partial charge in [0.15, 0.2) is 0 Å².